The molecule has 24 heavy (non-hydrogen) atoms. The number of carboxylic acid groups (broad SMARTS) is 1. The summed E-state index contributed by atoms with van der Waals surface area (Å²) in [5, 5.41) is 12.4. The van der Waals surface area contributed by atoms with Crippen LogP contribution in [0.1, 0.15) is 53.6 Å². The molecule has 0 saturated heterocycles. The average molecular weight is 329 g/mol. The standard InChI is InChI=1S/C18H22N2O4/c21-15(4-2-1-3-8-19-18(23)24)14-10-12-5-6-16(22)20-9-7-13(11-14)17(12)20/h10-11,19H,1-9H2,(H,23,24)/p-1. The second-order valence-corrected chi connectivity index (χ2v) is 6.39. The van der Waals surface area contributed by atoms with Crippen LogP contribution in [-0.2, 0) is 17.6 Å². The van der Waals surface area contributed by atoms with Crippen LogP contribution >= 0.6 is 0 Å². The summed E-state index contributed by atoms with van der Waals surface area (Å²) in [5.41, 5.74) is 4.01. The van der Waals surface area contributed by atoms with Crippen molar-refractivity contribution in [2.45, 2.75) is 44.9 Å². The molecule has 2 aliphatic heterocycles. The summed E-state index contributed by atoms with van der Waals surface area (Å²) in [5.74, 6) is 0.308. The Morgan fingerprint density at radius 3 is 2.58 bits per heavy atom. The number of hydrogen-bond acceptors (Lipinski definition) is 4. The van der Waals surface area contributed by atoms with Gasteiger partial charge in [0.2, 0.25) is 5.91 Å². The normalized spacial score (nSPS) is 15.3. The van der Waals surface area contributed by atoms with Crippen molar-refractivity contribution in [2.75, 3.05) is 18.0 Å². The number of carbonyl (C=O) groups excluding carboxylic acids is 3. The van der Waals surface area contributed by atoms with Gasteiger partial charge in [-0.1, -0.05) is 6.42 Å². The molecular weight excluding hydrogens is 308 g/mol. The zero-order chi connectivity index (χ0) is 17.1. The molecule has 0 atom stereocenters. The number of carbonyl (C=O) groups is 3. The Morgan fingerprint density at radius 1 is 1.08 bits per heavy atom. The number of amides is 2. The molecule has 1 N–H and O–H groups in total. The Balaban J connectivity index is 1.57. The molecule has 2 amide bonds. The average Bonchev–Trinajstić information content (AvgIpc) is 2.99. The van der Waals surface area contributed by atoms with Crippen molar-refractivity contribution < 1.29 is 19.5 Å². The lowest BCUT2D eigenvalue weighted by Crippen LogP contribution is -2.36. The minimum absolute atomic E-state index is 0.122. The summed E-state index contributed by atoms with van der Waals surface area (Å²) in [6.07, 6.45) is 3.51. The Hall–Kier alpha value is -2.37. The highest BCUT2D eigenvalue weighted by molar-refractivity contribution is 6.02. The first-order valence-corrected chi connectivity index (χ1v) is 8.50. The van der Waals surface area contributed by atoms with Gasteiger partial charge in [0.15, 0.2) is 5.78 Å². The van der Waals surface area contributed by atoms with Gasteiger partial charge in [-0.3, -0.25) is 9.59 Å². The van der Waals surface area contributed by atoms with E-state index < -0.39 is 6.09 Å². The van der Waals surface area contributed by atoms with Crippen LogP contribution in [0.25, 0.3) is 0 Å². The van der Waals surface area contributed by atoms with Crippen LogP contribution in [0, 0.1) is 0 Å². The zero-order valence-electron chi connectivity index (χ0n) is 13.6. The maximum atomic E-state index is 12.4. The number of hydrogen-bond donors (Lipinski definition) is 1. The SMILES string of the molecule is O=C([O-])NCCCCCC(=O)c1cc2c3c(c1)CCN3C(=O)CC2. The van der Waals surface area contributed by atoms with Crippen molar-refractivity contribution >= 4 is 23.5 Å². The fourth-order valence-electron chi connectivity index (χ4n) is 3.54. The van der Waals surface area contributed by atoms with Crippen molar-refractivity contribution in [3.63, 3.8) is 0 Å². The summed E-state index contributed by atoms with van der Waals surface area (Å²) in [7, 11) is 0. The predicted octanol–water partition coefficient (Wildman–Crippen LogP) is 1.20. The molecule has 0 bridgehead atoms. The Morgan fingerprint density at radius 2 is 1.83 bits per heavy atom. The number of rotatable bonds is 7. The van der Waals surface area contributed by atoms with Crippen molar-refractivity contribution in [3.8, 4) is 0 Å². The van der Waals surface area contributed by atoms with Gasteiger partial charge in [-0.15, -0.1) is 0 Å². The molecule has 0 aliphatic carbocycles. The molecule has 1 aromatic carbocycles. The number of benzene rings is 1. The largest absolute Gasteiger partial charge is 0.530 e. The first-order chi connectivity index (χ1) is 11.6. The van der Waals surface area contributed by atoms with E-state index in [4.69, 9.17) is 0 Å². The second kappa shape index (κ2) is 7.03. The fourth-order valence-corrected chi connectivity index (χ4v) is 3.54. The molecule has 0 fully saturated rings. The quantitative estimate of drug-likeness (QED) is 0.601. The molecule has 2 heterocycles. The summed E-state index contributed by atoms with van der Waals surface area (Å²) >= 11 is 0. The molecule has 6 heteroatoms. The van der Waals surface area contributed by atoms with E-state index in [-0.39, 0.29) is 11.7 Å². The summed E-state index contributed by atoms with van der Waals surface area (Å²) in [4.78, 5) is 36.4. The van der Waals surface area contributed by atoms with Crippen LogP contribution in [0.4, 0.5) is 10.5 Å². The van der Waals surface area contributed by atoms with Crippen molar-refractivity contribution in [1.29, 1.82) is 0 Å². The molecular formula is C18H21N2O4-. The summed E-state index contributed by atoms with van der Waals surface area (Å²) < 4.78 is 0. The van der Waals surface area contributed by atoms with Crippen LogP contribution in [-0.4, -0.2) is 30.9 Å². The minimum atomic E-state index is -1.26. The Labute approximate surface area is 140 Å². The molecule has 2 aliphatic rings. The molecule has 0 unspecified atom stereocenters. The highest BCUT2D eigenvalue weighted by atomic mass is 16.4. The minimum Gasteiger partial charge on any atom is -0.530 e. The molecule has 1 aromatic rings. The van der Waals surface area contributed by atoms with Gasteiger partial charge >= 0.3 is 0 Å². The maximum absolute atomic E-state index is 12.4. The van der Waals surface area contributed by atoms with E-state index >= 15 is 0 Å². The molecule has 128 valence electrons. The van der Waals surface area contributed by atoms with Crippen molar-refractivity contribution in [1.82, 2.24) is 5.32 Å². The molecule has 0 spiro atoms. The molecule has 6 nitrogen and oxygen atoms in total. The number of nitrogens with one attached hydrogen (secondary N) is 1. The van der Waals surface area contributed by atoms with E-state index in [1.54, 1.807) is 0 Å². The highest BCUT2D eigenvalue weighted by Gasteiger charge is 2.31. The van der Waals surface area contributed by atoms with Gasteiger partial charge in [-0.2, -0.15) is 0 Å². The lowest BCUT2D eigenvalue weighted by atomic mass is 9.94. The van der Waals surface area contributed by atoms with Gasteiger partial charge in [0.05, 0.1) is 5.69 Å². The highest BCUT2D eigenvalue weighted by Crippen LogP contribution is 2.37. The van der Waals surface area contributed by atoms with Gasteiger partial charge < -0.3 is 20.1 Å². The lowest BCUT2D eigenvalue weighted by Gasteiger charge is -2.25. The van der Waals surface area contributed by atoms with E-state index in [2.05, 4.69) is 5.32 Å². The van der Waals surface area contributed by atoms with Gasteiger partial charge in [-0.25, -0.2) is 0 Å². The van der Waals surface area contributed by atoms with Crippen LogP contribution in [0.15, 0.2) is 12.1 Å². The number of ketones is 1. The number of aryl methyl sites for hydroxylation is 1. The van der Waals surface area contributed by atoms with Crippen molar-refractivity contribution in [2.24, 2.45) is 0 Å². The smallest absolute Gasteiger partial charge is 0.227 e. The van der Waals surface area contributed by atoms with Crippen LogP contribution in [0.2, 0.25) is 0 Å². The Bertz CT molecular complexity index is 684. The van der Waals surface area contributed by atoms with E-state index in [0.29, 0.717) is 32.2 Å². The second-order valence-electron chi connectivity index (χ2n) is 6.39. The topological polar surface area (TPSA) is 89.5 Å². The third kappa shape index (κ3) is 3.42. The zero-order valence-corrected chi connectivity index (χ0v) is 13.6. The van der Waals surface area contributed by atoms with Gasteiger partial charge in [-0.05, 0) is 48.9 Å². The Kier molecular flexibility index (Phi) is 4.83. The fraction of sp³-hybridized carbons (Fsp3) is 0.500. The maximum Gasteiger partial charge on any atom is 0.227 e. The van der Waals surface area contributed by atoms with Gasteiger partial charge in [0.25, 0.3) is 0 Å². The molecule has 3 rings (SSSR count). The number of Topliss-reactive ketones (excluding diaryl/α,β-unsaturated/α-hetero) is 1. The van der Waals surface area contributed by atoms with E-state index in [0.717, 1.165) is 48.2 Å². The van der Waals surface area contributed by atoms with Gasteiger partial charge in [0.1, 0.15) is 6.09 Å². The molecule has 0 saturated carbocycles. The van der Waals surface area contributed by atoms with Crippen LogP contribution in [0.5, 0.6) is 0 Å². The van der Waals surface area contributed by atoms with Crippen molar-refractivity contribution in [3.05, 3.63) is 28.8 Å². The van der Waals surface area contributed by atoms with E-state index in [1.165, 1.54) is 0 Å². The molecule has 0 radical (unpaired) electrons. The third-order valence-electron chi connectivity index (χ3n) is 4.72. The summed E-state index contributed by atoms with van der Waals surface area (Å²) in [6.45, 7) is 1.09. The number of unbranched alkanes of at least 4 members (excludes halogenated alkanes) is 2. The number of anilines is 1. The van der Waals surface area contributed by atoms with Gasteiger partial charge in [0, 0.05) is 31.5 Å². The monoisotopic (exact) mass is 329 g/mol. The molecule has 0 aromatic heterocycles. The summed E-state index contributed by atoms with van der Waals surface area (Å²) in [6, 6.07) is 3.89. The van der Waals surface area contributed by atoms with Crippen LogP contribution < -0.4 is 15.3 Å². The van der Waals surface area contributed by atoms with E-state index in [9.17, 15) is 19.5 Å². The lowest BCUT2D eigenvalue weighted by molar-refractivity contribution is -0.250. The third-order valence-corrected chi connectivity index (χ3v) is 4.72. The van der Waals surface area contributed by atoms with E-state index in [1.807, 2.05) is 17.0 Å². The first kappa shape index (κ1) is 16.5. The van der Waals surface area contributed by atoms with Crippen LogP contribution in [0.3, 0.4) is 0 Å². The predicted molar refractivity (Wildman–Crippen MR) is 87.0 cm³/mol. The number of nitrogens with zero attached hydrogens (tertiary/aromatic N) is 1. The first-order valence-electron chi connectivity index (χ1n) is 8.50.